The van der Waals surface area contributed by atoms with Crippen molar-refractivity contribution in [2.24, 2.45) is 4.99 Å². The second kappa shape index (κ2) is 7.32. The standard InChI is InChI=1S/C12H17FN4O2/c1-14-11(17(15-2)12(18)19-3)16-8-9-4-6-10(13)7-5-9/h4-7,15H,8H2,1-3H3,(H,14,16). The Morgan fingerprint density at radius 1 is 1.42 bits per heavy atom. The Kier molecular flexibility index (Phi) is 5.74. The molecule has 1 aromatic carbocycles. The van der Waals surface area contributed by atoms with Gasteiger partial charge < -0.3 is 10.1 Å². The molecule has 0 radical (unpaired) electrons. The average Bonchev–Trinajstić information content (AvgIpc) is 2.44. The molecule has 6 nitrogen and oxygen atoms in total. The van der Waals surface area contributed by atoms with Crippen LogP contribution in [0.3, 0.4) is 0 Å². The first-order valence-electron chi connectivity index (χ1n) is 5.63. The lowest BCUT2D eigenvalue weighted by molar-refractivity contribution is 0.133. The summed E-state index contributed by atoms with van der Waals surface area (Å²) in [7, 11) is 4.39. The summed E-state index contributed by atoms with van der Waals surface area (Å²) >= 11 is 0. The number of hydrogen-bond acceptors (Lipinski definition) is 4. The molecule has 0 unspecified atom stereocenters. The average molecular weight is 268 g/mol. The molecule has 2 N–H and O–H groups in total. The van der Waals surface area contributed by atoms with E-state index in [9.17, 15) is 9.18 Å². The number of guanidine groups is 1. The monoisotopic (exact) mass is 268 g/mol. The summed E-state index contributed by atoms with van der Waals surface area (Å²) in [5, 5.41) is 4.09. The van der Waals surface area contributed by atoms with Crippen molar-refractivity contribution in [3.05, 3.63) is 35.6 Å². The number of hydrazine groups is 1. The number of halogens is 1. The summed E-state index contributed by atoms with van der Waals surface area (Å²) in [6, 6.07) is 6.04. The first kappa shape index (κ1) is 14.9. The fourth-order valence-corrected chi connectivity index (χ4v) is 1.42. The molecule has 1 rings (SSSR count). The third-order valence-corrected chi connectivity index (χ3v) is 2.37. The maximum Gasteiger partial charge on any atom is 0.431 e. The SMILES string of the molecule is CN=C(NCc1ccc(F)cc1)N(NC)C(=O)OC. The number of ether oxygens (including phenoxy) is 1. The van der Waals surface area contributed by atoms with Gasteiger partial charge in [-0.3, -0.25) is 4.99 Å². The molecular formula is C12H17FN4O2. The van der Waals surface area contributed by atoms with E-state index in [1.54, 1.807) is 26.2 Å². The fourth-order valence-electron chi connectivity index (χ4n) is 1.42. The molecule has 0 saturated heterocycles. The smallest absolute Gasteiger partial charge is 0.431 e. The largest absolute Gasteiger partial charge is 0.451 e. The first-order chi connectivity index (χ1) is 9.12. The van der Waals surface area contributed by atoms with Gasteiger partial charge in [0, 0.05) is 20.6 Å². The number of nitrogens with one attached hydrogen (secondary N) is 2. The van der Waals surface area contributed by atoms with Crippen LogP contribution in [0.5, 0.6) is 0 Å². The minimum absolute atomic E-state index is 0.292. The molecule has 0 aliphatic rings. The molecule has 0 aliphatic heterocycles. The van der Waals surface area contributed by atoms with Gasteiger partial charge in [0.15, 0.2) is 0 Å². The highest BCUT2D eigenvalue weighted by Crippen LogP contribution is 2.02. The van der Waals surface area contributed by atoms with E-state index >= 15 is 0 Å². The molecular weight excluding hydrogens is 251 g/mol. The minimum Gasteiger partial charge on any atom is -0.451 e. The van der Waals surface area contributed by atoms with Crippen LogP contribution < -0.4 is 10.7 Å². The van der Waals surface area contributed by atoms with E-state index < -0.39 is 6.09 Å². The van der Waals surface area contributed by atoms with Crippen molar-refractivity contribution in [3.8, 4) is 0 Å². The lowest BCUT2D eigenvalue weighted by atomic mass is 10.2. The molecule has 0 fully saturated rings. The van der Waals surface area contributed by atoms with Crippen molar-refractivity contribution < 1.29 is 13.9 Å². The Hall–Kier alpha value is -2.15. The van der Waals surface area contributed by atoms with Crippen LogP contribution in [-0.2, 0) is 11.3 Å². The third kappa shape index (κ3) is 4.22. The maximum absolute atomic E-state index is 12.8. The third-order valence-electron chi connectivity index (χ3n) is 2.37. The molecule has 19 heavy (non-hydrogen) atoms. The Morgan fingerprint density at radius 2 is 2.05 bits per heavy atom. The number of benzene rings is 1. The van der Waals surface area contributed by atoms with Gasteiger partial charge in [0.1, 0.15) is 5.82 Å². The van der Waals surface area contributed by atoms with Gasteiger partial charge in [-0.1, -0.05) is 12.1 Å². The van der Waals surface area contributed by atoms with Gasteiger partial charge in [-0.2, -0.15) is 5.01 Å². The van der Waals surface area contributed by atoms with Gasteiger partial charge in [0.05, 0.1) is 7.11 Å². The number of rotatable bonds is 3. The van der Waals surface area contributed by atoms with Crippen LogP contribution in [0.25, 0.3) is 0 Å². The summed E-state index contributed by atoms with van der Waals surface area (Å²) in [6.07, 6.45) is -0.588. The van der Waals surface area contributed by atoms with Gasteiger partial charge in [-0.15, -0.1) is 0 Å². The molecule has 7 heteroatoms. The normalized spacial score (nSPS) is 11.1. The number of amides is 1. The molecule has 0 atom stereocenters. The van der Waals surface area contributed by atoms with Crippen molar-refractivity contribution in [1.82, 2.24) is 15.8 Å². The van der Waals surface area contributed by atoms with E-state index in [0.717, 1.165) is 10.6 Å². The van der Waals surface area contributed by atoms with E-state index in [1.165, 1.54) is 19.2 Å². The molecule has 0 heterocycles. The quantitative estimate of drug-likeness (QED) is 0.489. The van der Waals surface area contributed by atoms with Crippen molar-refractivity contribution in [2.45, 2.75) is 6.54 Å². The van der Waals surface area contributed by atoms with Gasteiger partial charge in [-0.05, 0) is 17.7 Å². The summed E-state index contributed by atoms with van der Waals surface area (Å²) in [5.74, 6) is 0.0122. The second-order valence-corrected chi connectivity index (χ2v) is 3.56. The topological polar surface area (TPSA) is 66.0 Å². The van der Waals surface area contributed by atoms with E-state index in [4.69, 9.17) is 0 Å². The van der Waals surface area contributed by atoms with Crippen LogP contribution in [0.4, 0.5) is 9.18 Å². The van der Waals surface area contributed by atoms with Gasteiger partial charge in [0.2, 0.25) is 5.96 Å². The maximum atomic E-state index is 12.8. The predicted octanol–water partition coefficient (Wildman–Crippen LogP) is 1.10. The van der Waals surface area contributed by atoms with Crippen LogP contribution in [0.15, 0.2) is 29.3 Å². The fraction of sp³-hybridized carbons (Fsp3) is 0.333. The summed E-state index contributed by atoms with van der Waals surface area (Å²) in [6.45, 7) is 0.405. The van der Waals surface area contributed by atoms with Crippen LogP contribution in [0.1, 0.15) is 5.56 Å². The molecule has 0 saturated carbocycles. The van der Waals surface area contributed by atoms with Crippen molar-refractivity contribution in [2.75, 3.05) is 21.2 Å². The van der Waals surface area contributed by atoms with E-state index in [0.29, 0.717) is 12.5 Å². The minimum atomic E-state index is -0.588. The van der Waals surface area contributed by atoms with Crippen molar-refractivity contribution >= 4 is 12.1 Å². The zero-order chi connectivity index (χ0) is 14.3. The van der Waals surface area contributed by atoms with Crippen LogP contribution >= 0.6 is 0 Å². The first-order valence-corrected chi connectivity index (χ1v) is 5.63. The Bertz CT molecular complexity index is 448. The lowest BCUT2D eigenvalue weighted by Crippen LogP contribution is -2.50. The summed E-state index contributed by atoms with van der Waals surface area (Å²) < 4.78 is 17.4. The van der Waals surface area contributed by atoms with Crippen molar-refractivity contribution in [1.29, 1.82) is 0 Å². The summed E-state index contributed by atoms with van der Waals surface area (Å²) in [4.78, 5) is 15.4. The Balaban J connectivity index is 2.67. The zero-order valence-electron chi connectivity index (χ0n) is 11.1. The van der Waals surface area contributed by atoms with Gasteiger partial charge in [0.25, 0.3) is 0 Å². The molecule has 0 bridgehead atoms. The number of aliphatic imine (C=N–C) groups is 1. The van der Waals surface area contributed by atoms with E-state index in [-0.39, 0.29) is 5.82 Å². The van der Waals surface area contributed by atoms with E-state index in [2.05, 4.69) is 20.5 Å². The highest BCUT2D eigenvalue weighted by atomic mass is 19.1. The second-order valence-electron chi connectivity index (χ2n) is 3.56. The Morgan fingerprint density at radius 3 is 2.53 bits per heavy atom. The number of carbonyl (C=O) groups is 1. The number of nitrogens with zero attached hydrogens (tertiary/aromatic N) is 2. The van der Waals surface area contributed by atoms with E-state index in [1.807, 2.05) is 0 Å². The number of hydrogen-bond donors (Lipinski definition) is 2. The van der Waals surface area contributed by atoms with Crippen LogP contribution in [-0.4, -0.2) is 38.3 Å². The summed E-state index contributed by atoms with van der Waals surface area (Å²) in [5.41, 5.74) is 3.52. The van der Waals surface area contributed by atoms with Crippen LogP contribution in [0.2, 0.25) is 0 Å². The molecule has 0 aliphatic carbocycles. The molecule has 104 valence electrons. The number of methoxy groups -OCH3 is 1. The predicted molar refractivity (Wildman–Crippen MR) is 69.9 cm³/mol. The lowest BCUT2D eigenvalue weighted by Gasteiger charge is -2.21. The van der Waals surface area contributed by atoms with Gasteiger partial charge >= 0.3 is 6.09 Å². The molecule has 0 spiro atoms. The Labute approximate surface area is 111 Å². The highest BCUT2D eigenvalue weighted by Gasteiger charge is 2.17. The van der Waals surface area contributed by atoms with Crippen LogP contribution in [0, 0.1) is 5.82 Å². The molecule has 0 aromatic heterocycles. The van der Waals surface area contributed by atoms with Gasteiger partial charge in [-0.25, -0.2) is 14.6 Å². The molecule has 1 amide bonds. The number of carbonyl (C=O) groups excluding carboxylic acids is 1. The highest BCUT2D eigenvalue weighted by molar-refractivity contribution is 5.93. The zero-order valence-corrected chi connectivity index (χ0v) is 11.1. The van der Waals surface area contributed by atoms with Crippen molar-refractivity contribution in [3.63, 3.8) is 0 Å². The molecule has 1 aromatic rings.